The standard InChI is InChI=1S/C7H8Br2O4/c1-12-4(10)6(5(11)13-2)3-7(6,8)9/h3H2,1-2H3. The van der Waals surface area contributed by atoms with Crippen LogP contribution >= 0.6 is 31.9 Å². The van der Waals surface area contributed by atoms with Crippen LogP contribution in [0.25, 0.3) is 0 Å². The lowest BCUT2D eigenvalue weighted by Crippen LogP contribution is -2.32. The molecule has 4 nitrogen and oxygen atoms in total. The second kappa shape index (κ2) is 3.24. The van der Waals surface area contributed by atoms with Crippen molar-refractivity contribution in [3.8, 4) is 0 Å². The maximum Gasteiger partial charge on any atom is 0.325 e. The fourth-order valence-corrected chi connectivity index (χ4v) is 2.65. The molecule has 13 heavy (non-hydrogen) atoms. The van der Waals surface area contributed by atoms with E-state index in [-0.39, 0.29) is 0 Å². The van der Waals surface area contributed by atoms with Gasteiger partial charge in [0.15, 0.2) is 5.41 Å². The van der Waals surface area contributed by atoms with E-state index in [1.807, 2.05) is 0 Å². The number of carbonyl (C=O) groups is 2. The second-order valence-corrected chi connectivity index (χ2v) is 6.54. The van der Waals surface area contributed by atoms with Crippen molar-refractivity contribution in [1.29, 1.82) is 0 Å². The van der Waals surface area contributed by atoms with E-state index in [0.717, 1.165) is 0 Å². The molecule has 0 saturated heterocycles. The SMILES string of the molecule is COC(=O)C1(C(=O)OC)CC1(Br)Br. The first-order valence-electron chi connectivity index (χ1n) is 3.47. The van der Waals surface area contributed by atoms with Crippen molar-refractivity contribution in [3.05, 3.63) is 0 Å². The predicted molar refractivity (Wildman–Crippen MR) is 51.7 cm³/mol. The molecule has 0 spiro atoms. The maximum atomic E-state index is 11.3. The summed E-state index contributed by atoms with van der Waals surface area (Å²) in [7, 11) is 2.48. The van der Waals surface area contributed by atoms with Gasteiger partial charge >= 0.3 is 11.9 Å². The molecule has 0 aromatic rings. The largest absolute Gasteiger partial charge is 0.468 e. The molecule has 0 bridgehead atoms. The van der Waals surface area contributed by atoms with E-state index in [9.17, 15) is 9.59 Å². The van der Waals surface area contributed by atoms with Crippen molar-refractivity contribution in [1.82, 2.24) is 0 Å². The summed E-state index contributed by atoms with van der Waals surface area (Å²) < 4.78 is 8.36. The summed E-state index contributed by atoms with van der Waals surface area (Å²) >= 11 is 6.42. The number of rotatable bonds is 2. The van der Waals surface area contributed by atoms with Crippen molar-refractivity contribution in [2.24, 2.45) is 5.41 Å². The van der Waals surface area contributed by atoms with E-state index < -0.39 is 20.6 Å². The minimum atomic E-state index is -1.23. The van der Waals surface area contributed by atoms with Crippen LogP contribution < -0.4 is 0 Å². The highest BCUT2D eigenvalue weighted by molar-refractivity contribution is 9.25. The normalized spacial score (nSPS) is 21.8. The number of ether oxygens (including phenoxy) is 2. The number of methoxy groups -OCH3 is 2. The molecule has 0 amide bonds. The van der Waals surface area contributed by atoms with Crippen molar-refractivity contribution in [2.75, 3.05) is 14.2 Å². The van der Waals surface area contributed by atoms with E-state index >= 15 is 0 Å². The Balaban J connectivity index is 2.94. The summed E-state index contributed by atoms with van der Waals surface area (Å²) in [6.07, 6.45) is 0.333. The van der Waals surface area contributed by atoms with Crippen LogP contribution in [0.4, 0.5) is 0 Å². The minimum Gasteiger partial charge on any atom is -0.468 e. The van der Waals surface area contributed by atoms with Crippen LogP contribution in [0, 0.1) is 5.41 Å². The van der Waals surface area contributed by atoms with Crippen molar-refractivity contribution >= 4 is 43.8 Å². The first-order valence-corrected chi connectivity index (χ1v) is 5.05. The summed E-state index contributed by atoms with van der Waals surface area (Å²) in [5.41, 5.74) is -1.23. The maximum absolute atomic E-state index is 11.3. The Morgan fingerprint density at radius 1 is 1.15 bits per heavy atom. The van der Waals surface area contributed by atoms with E-state index in [4.69, 9.17) is 0 Å². The van der Waals surface area contributed by atoms with Gasteiger partial charge in [0.2, 0.25) is 0 Å². The average molecular weight is 316 g/mol. The van der Waals surface area contributed by atoms with Gasteiger partial charge in [0.25, 0.3) is 0 Å². The highest BCUT2D eigenvalue weighted by Gasteiger charge is 2.77. The van der Waals surface area contributed by atoms with Gasteiger partial charge in [-0.15, -0.1) is 0 Å². The smallest absolute Gasteiger partial charge is 0.325 e. The molecule has 0 N–H and O–H groups in total. The van der Waals surface area contributed by atoms with Crippen LogP contribution in [0.15, 0.2) is 0 Å². The van der Waals surface area contributed by atoms with E-state index in [2.05, 4.69) is 41.3 Å². The van der Waals surface area contributed by atoms with Gasteiger partial charge in [0.1, 0.15) is 3.23 Å². The summed E-state index contributed by atoms with van der Waals surface area (Å²) in [5.74, 6) is -1.18. The number of esters is 2. The van der Waals surface area contributed by atoms with Gasteiger partial charge in [-0.3, -0.25) is 9.59 Å². The number of alkyl halides is 2. The van der Waals surface area contributed by atoms with E-state index in [1.54, 1.807) is 0 Å². The average Bonchev–Trinajstić information content (AvgIpc) is 2.68. The predicted octanol–water partition coefficient (Wildman–Crippen LogP) is 1.21. The number of hydrogen-bond donors (Lipinski definition) is 0. The Labute approximate surface area is 92.2 Å². The first kappa shape index (κ1) is 11.0. The Hall–Kier alpha value is -0.100. The molecule has 0 radical (unpaired) electrons. The zero-order valence-electron chi connectivity index (χ0n) is 7.10. The minimum absolute atomic E-state index is 0.333. The number of hydrogen-bond acceptors (Lipinski definition) is 4. The Morgan fingerprint density at radius 2 is 1.46 bits per heavy atom. The fourth-order valence-electron chi connectivity index (χ4n) is 1.16. The number of halogens is 2. The van der Waals surface area contributed by atoms with Gasteiger partial charge in [-0.05, 0) is 0 Å². The molecule has 1 saturated carbocycles. The lowest BCUT2D eigenvalue weighted by atomic mass is 10.1. The lowest BCUT2D eigenvalue weighted by molar-refractivity contribution is -0.161. The molecule has 1 rings (SSSR count). The molecule has 1 fully saturated rings. The quantitative estimate of drug-likeness (QED) is 0.437. The highest BCUT2D eigenvalue weighted by atomic mass is 79.9. The van der Waals surface area contributed by atoms with Crippen LogP contribution in [0.1, 0.15) is 6.42 Å². The Bertz CT molecular complexity index is 245. The third-order valence-corrected chi connectivity index (χ3v) is 3.97. The third kappa shape index (κ3) is 1.40. The van der Waals surface area contributed by atoms with Crippen molar-refractivity contribution in [2.45, 2.75) is 9.65 Å². The highest BCUT2D eigenvalue weighted by Crippen LogP contribution is 2.67. The number of carbonyl (C=O) groups excluding carboxylic acids is 2. The van der Waals surface area contributed by atoms with Crippen LogP contribution in [-0.2, 0) is 19.1 Å². The molecule has 74 valence electrons. The molecular formula is C7H8Br2O4. The van der Waals surface area contributed by atoms with Gasteiger partial charge in [-0.25, -0.2) is 0 Å². The molecule has 0 atom stereocenters. The summed E-state index contributed by atoms with van der Waals surface area (Å²) in [5, 5.41) is 0. The van der Waals surface area contributed by atoms with E-state index in [1.165, 1.54) is 14.2 Å². The van der Waals surface area contributed by atoms with Gasteiger partial charge in [0, 0.05) is 6.42 Å². The van der Waals surface area contributed by atoms with Gasteiger partial charge in [-0.2, -0.15) is 0 Å². The molecule has 0 aromatic carbocycles. The molecule has 0 aromatic heterocycles. The third-order valence-electron chi connectivity index (χ3n) is 2.05. The van der Waals surface area contributed by atoms with Crippen LogP contribution in [0.2, 0.25) is 0 Å². The van der Waals surface area contributed by atoms with Gasteiger partial charge < -0.3 is 9.47 Å². The molecule has 0 heterocycles. The van der Waals surface area contributed by atoms with Gasteiger partial charge in [-0.1, -0.05) is 31.9 Å². The molecule has 0 aliphatic heterocycles. The summed E-state index contributed by atoms with van der Waals surface area (Å²) in [4.78, 5) is 22.7. The summed E-state index contributed by atoms with van der Waals surface area (Å²) in [6, 6.07) is 0. The zero-order valence-corrected chi connectivity index (χ0v) is 10.3. The second-order valence-electron chi connectivity index (χ2n) is 2.77. The zero-order chi connectivity index (χ0) is 10.3. The monoisotopic (exact) mass is 314 g/mol. The molecule has 1 aliphatic rings. The Morgan fingerprint density at radius 3 is 1.62 bits per heavy atom. The lowest BCUT2D eigenvalue weighted by Gasteiger charge is -2.12. The van der Waals surface area contributed by atoms with Crippen LogP contribution in [0.5, 0.6) is 0 Å². The molecule has 1 aliphatic carbocycles. The molecule has 0 unspecified atom stereocenters. The van der Waals surface area contributed by atoms with Gasteiger partial charge in [0.05, 0.1) is 14.2 Å². The molecular weight excluding hydrogens is 308 g/mol. The van der Waals surface area contributed by atoms with Crippen LogP contribution in [0.3, 0.4) is 0 Å². The van der Waals surface area contributed by atoms with Crippen molar-refractivity contribution < 1.29 is 19.1 Å². The van der Waals surface area contributed by atoms with Crippen molar-refractivity contribution in [3.63, 3.8) is 0 Å². The van der Waals surface area contributed by atoms with Crippen LogP contribution in [-0.4, -0.2) is 29.4 Å². The topological polar surface area (TPSA) is 52.6 Å². The molecule has 6 heteroatoms. The Kier molecular flexibility index (Phi) is 2.73. The van der Waals surface area contributed by atoms with E-state index in [0.29, 0.717) is 6.42 Å². The first-order chi connectivity index (χ1) is 5.92. The fraction of sp³-hybridized carbons (Fsp3) is 0.714. The summed E-state index contributed by atoms with van der Waals surface area (Å²) in [6.45, 7) is 0.